The van der Waals surface area contributed by atoms with Crippen LogP contribution in [-0.2, 0) is 0 Å². The highest BCUT2D eigenvalue weighted by molar-refractivity contribution is 6.02. The van der Waals surface area contributed by atoms with Crippen LogP contribution in [0.1, 0.15) is 39.7 Å². The van der Waals surface area contributed by atoms with Gasteiger partial charge in [0.05, 0.1) is 11.4 Å². The van der Waals surface area contributed by atoms with E-state index in [-0.39, 0.29) is 17.5 Å². The van der Waals surface area contributed by atoms with E-state index in [9.17, 15) is 4.79 Å². The average Bonchev–Trinajstić information content (AvgIpc) is 3.39. The van der Waals surface area contributed by atoms with Crippen LogP contribution in [0, 0.1) is 12.3 Å². The molecule has 0 radical (unpaired) electrons. The summed E-state index contributed by atoms with van der Waals surface area (Å²) in [5.41, 5.74) is 6.21. The van der Waals surface area contributed by atoms with Crippen LogP contribution in [0.5, 0.6) is 0 Å². The molecule has 8 heteroatoms. The second-order valence-corrected chi connectivity index (χ2v) is 9.97. The second-order valence-electron chi connectivity index (χ2n) is 9.97. The van der Waals surface area contributed by atoms with Gasteiger partial charge in [0, 0.05) is 17.3 Å². The van der Waals surface area contributed by atoms with E-state index in [4.69, 9.17) is 0 Å². The van der Waals surface area contributed by atoms with Crippen molar-refractivity contribution >= 4 is 23.1 Å². The summed E-state index contributed by atoms with van der Waals surface area (Å²) in [6.45, 7) is 10.8. The minimum atomic E-state index is -0.310. The van der Waals surface area contributed by atoms with Crippen LogP contribution >= 0.6 is 0 Å². The number of nitrogens with zero attached hydrogens (tertiary/aromatic N) is 3. The van der Waals surface area contributed by atoms with Crippen molar-refractivity contribution in [2.24, 2.45) is 5.41 Å². The molecule has 4 rings (SSSR count). The number of nitrogens with one attached hydrogen (secondary N) is 4. The Hall–Kier alpha value is -4.20. The number of aromatic nitrogens is 4. The number of hydrogen-bond donors (Lipinski definition) is 4. The van der Waals surface area contributed by atoms with Crippen molar-refractivity contribution in [3.63, 3.8) is 0 Å². The van der Waals surface area contributed by atoms with Gasteiger partial charge in [-0.15, -0.1) is 5.10 Å². The highest BCUT2D eigenvalue weighted by Gasteiger charge is 2.24. The van der Waals surface area contributed by atoms with Crippen LogP contribution in [-0.4, -0.2) is 32.7 Å². The largest absolute Gasteiger partial charge is 0.380 e. The zero-order chi connectivity index (χ0) is 25.7. The molecular weight excluding hydrogens is 450 g/mol. The van der Waals surface area contributed by atoms with Crippen molar-refractivity contribution in [2.45, 2.75) is 47.1 Å². The molecule has 0 fully saturated rings. The van der Waals surface area contributed by atoms with Crippen molar-refractivity contribution in [2.75, 3.05) is 16.0 Å². The minimum Gasteiger partial charge on any atom is -0.380 e. The Kier molecular flexibility index (Phi) is 7.33. The summed E-state index contributed by atoms with van der Waals surface area (Å²) in [4.78, 5) is 13.0. The molecule has 2 amide bonds. The van der Waals surface area contributed by atoms with E-state index >= 15 is 0 Å². The maximum absolute atomic E-state index is 13.0. The van der Waals surface area contributed by atoms with Crippen molar-refractivity contribution < 1.29 is 4.79 Å². The third kappa shape index (κ3) is 5.89. The van der Waals surface area contributed by atoms with Gasteiger partial charge in [0.2, 0.25) is 0 Å². The number of urea groups is 1. The topological polar surface area (TPSA) is 108 Å². The van der Waals surface area contributed by atoms with Crippen LogP contribution in [0.2, 0.25) is 0 Å². The first-order valence-electron chi connectivity index (χ1n) is 12.1. The molecule has 8 nitrogen and oxygen atoms in total. The molecule has 36 heavy (non-hydrogen) atoms. The molecule has 0 aliphatic rings. The highest BCUT2D eigenvalue weighted by Crippen LogP contribution is 2.36. The number of anilines is 3. The van der Waals surface area contributed by atoms with Crippen LogP contribution in [0.25, 0.3) is 22.5 Å². The van der Waals surface area contributed by atoms with E-state index in [1.807, 2.05) is 73.7 Å². The van der Waals surface area contributed by atoms with Crippen LogP contribution in [0.4, 0.5) is 21.9 Å². The van der Waals surface area contributed by atoms with Gasteiger partial charge in [0.1, 0.15) is 0 Å². The van der Waals surface area contributed by atoms with Crippen molar-refractivity contribution in [1.82, 2.24) is 20.6 Å². The molecule has 0 spiro atoms. The number of aryl methyl sites for hydroxylation is 1. The number of H-pyrrole nitrogens is 1. The van der Waals surface area contributed by atoms with E-state index in [0.29, 0.717) is 11.5 Å². The van der Waals surface area contributed by atoms with Gasteiger partial charge in [0.15, 0.2) is 5.82 Å². The minimum absolute atomic E-state index is 0.0424. The Balaban J connectivity index is 1.70. The van der Waals surface area contributed by atoms with Gasteiger partial charge in [-0.1, -0.05) is 75.7 Å². The fourth-order valence-corrected chi connectivity index (χ4v) is 4.20. The predicted molar refractivity (Wildman–Crippen MR) is 146 cm³/mol. The summed E-state index contributed by atoms with van der Waals surface area (Å²) in [6, 6.07) is 21.6. The normalized spacial score (nSPS) is 12.1. The third-order valence-corrected chi connectivity index (χ3v) is 6.20. The molecule has 0 aliphatic carbocycles. The maximum Gasteiger partial charge on any atom is 0.323 e. The number of rotatable bonds is 7. The number of aromatic amines is 1. The average molecular weight is 484 g/mol. The number of hydrogen-bond acceptors (Lipinski definition) is 5. The fourth-order valence-electron chi connectivity index (χ4n) is 4.20. The molecule has 186 valence electrons. The molecular formula is C28H33N7O. The summed E-state index contributed by atoms with van der Waals surface area (Å²) in [7, 11) is 0. The fraction of sp³-hybridized carbons (Fsp3) is 0.286. The van der Waals surface area contributed by atoms with E-state index in [0.717, 1.165) is 40.0 Å². The van der Waals surface area contributed by atoms with Gasteiger partial charge in [-0.3, -0.25) is 0 Å². The molecule has 4 aromatic rings. The molecule has 1 heterocycles. The molecule has 0 bridgehead atoms. The monoisotopic (exact) mass is 483 g/mol. The lowest BCUT2D eigenvalue weighted by atomic mass is 9.85. The molecule has 1 aromatic heterocycles. The van der Waals surface area contributed by atoms with Crippen molar-refractivity contribution in [3.8, 4) is 22.5 Å². The number of tetrazole rings is 1. The number of amides is 2. The third-order valence-electron chi connectivity index (χ3n) is 6.20. The van der Waals surface area contributed by atoms with E-state index in [2.05, 4.69) is 64.3 Å². The smallest absolute Gasteiger partial charge is 0.323 e. The zero-order valence-electron chi connectivity index (χ0n) is 21.4. The van der Waals surface area contributed by atoms with Gasteiger partial charge in [0.25, 0.3) is 0 Å². The predicted octanol–water partition coefficient (Wildman–Crippen LogP) is 6.72. The molecule has 1 atom stereocenters. The lowest BCUT2D eigenvalue weighted by molar-refractivity contribution is 0.262. The molecule has 0 saturated heterocycles. The Morgan fingerprint density at radius 3 is 2.31 bits per heavy atom. The standard InChI is InChI=1S/C28H33N7O/c1-6-25(28(3,4)5)30-23-16-13-19(21-9-7-8-10-22(21)26-32-34-35-33-26)17-24(23)31-27(36)29-20-14-11-18(2)12-15-20/h7-17,25,30H,6H2,1-5H3,(H2,29,31,36)(H,32,33,34,35). The van der Waals surface area contributed by atoms with Gasteiger partial charge < -0.3 is 16.0 Å². The van der Waals surface area contributed by atoms with Crippen molar-refractivity contribution in [1.29, 1.82) is 0 Å². The van der Waals surface area contributed by atoms with Crippen LogP contribution in [0.15, 0.2) is 66.7 Å². The second kappa shape index (κ2) is 10.6. The molecule has 1 unspecified atom stereocenters. The number of benzene rings is 3. The summed E-state index contributed by atoms with van der Waals surface area (Å²) < 4.78 is 0. The lowest BCUT2D eigenvalue weighted by Gasteiger charge is -2.32. The molecule has 3 aromatic carbocycles. The Bertz CT molecular complexity index is 1310. The van der Waals surface area contributed by atoms with E-state index in [1.54, 1.807) is 0 Å². The first-order chi connectivity index (χ1) is 17.2. The van der Waals surface area contributed by atoms with Crippen molar-refractivity contribution in [3.05, 3.63) is 72.3 Å². The first kappa shape index (κ1) is 24.9. The van der Waals surface area contributed by atoms with Gasteiger partial charge in [-0.05, 0) is 64.6 Å². The number of carbonyl (C=O) groups excluding carboxylic acids is 1. The van der Waals surface area contributed by atoms with E-state index in [1.165, 1.54) is 0 Å². The SMILES string of the molecule is CCC(Nc1ccc(-c2ccccc2-c2nnn[nH]2)cc1NC(=O)Nc1ccc(C)cc1)C(C)(C)C. The summed E-state index contributed by atoms with van der Waals surface area (Å²) >= 11 is 0. The Labute approximate surface area is 211 Å². The maximum atomic E-state index is 13.0. The Morgan fingerprint density at radius 2 is 1.67 bits per heavy atom. The summed E-state index contributed by atoms with van der Waals surface area (Å²) in [6.07, 6.45) is 0.946. The van der Waals surface area contributed by atoms with Gasteiger partial charge in [-0.25, -0.2) is 9.89 Å². The zero-order valence-corrected chi connectivity index (χ0v) is 21.4. The molecule has 0 saturated carbocycles. The highest BCUT2D eigenvalue weighted by atomic mass is 16.2. The van der Waals surface area contributed by atoms with Crippen LogP contribution < -0.4 is 16.0 Å². The Morgan fingerprint density at radius 1 is 0.944 bits per heavy atom. The number of carbonyl (C=O) groups is 1. The quantitative estimate of drug-likeness (QED) is 0.233. The summed E-state index contributed by atoms with van der Waals surface area (Å²) in [5, 5.41) is 24.0. The van der Waals surface area contributed by atoms with Gasteiger partial charge in [-0.2, -0.15) is 0 Å². The van der Waals surface area contributed by atoms with E-state index < -0.39 is 0 Å². The lowest BCUT2D eigenvalue weighted by Crippen LogP contribution is -2.33. The molecule has 0 aliphatic heterocycles. The molecule has 4 N–H and O–H groups in total. The van der Waals surface area contributed by atoms with Gasteiger partial charge >= 0.3 is 6.03 Å². The summed E-state index contributed by atoms with van der Waals surface area (Å²) in [5.74, 6) is 0.582. The first-order valence-corrected chi connectivity index (χ1v) is 12.1. The van der Waals surface area contributed by atoms with Crippen LogP contribution in [0.3, 0.4) is 0 Å².